The van der Waals surface area contributed by atoms with Crippen molar-refractivity contribution in [2.75, 3.05) is 0 Å². The molecule has 4 heteroatoms. The van der Waals surface area contributed by atoms with E-state index in [9.17, 15) is 17.6 Å². The van der Waals surface area contributed by atoms with E-state index < -0.39 is 17.6 Å². The van der Waals surface area contributed by atoms with E-state index in [1.54, 1.807) is 6.08 Å². The summed E-state index contributed by atoms with van der Waals surface area (Å²) in [6.07, 6.45) is -1.34. The Hall–Kier alpha value is -1.32. The summed E-state index contributed by atoms with van der Waals surface area (Å²) in [7, 11) is 0. The molecule has 0 spiro atoms. The summed E-state index contributed by atoms with van der Waals surface area (Å²) in [5, 5.41) is 0. The van der Waals surface area contributed by atoms with Crippen LogP contribution in [0.1, 0.15) is 24.0 Å². The van der Waals surface area contributed by atoms with Crippen LogP contribution >= 0.6 is 0 Å². The molecule has 88 valence electrons. The minimum absolute atomic E-state index is 0.135. The molecule has 0 unspecified atom stereocenters. The molecule has 0 aliphatic rings. The average molecular weight is 232 g/mol. The van der Waals surface area contributed by atoms with Crippen molar-refractivity contribution in [3.05, 3.63) is 47.8 Å². The summed E-state index contributed by atoms with van der Waals surface area (Å²) in [5.41, 5.74) is -0.743. The van der Waals surface area contributed by atoms with Crippen LogP contribution in [0.4, 0.5) is 17.6 Å². The standard InChI is InChI=1S/C12H12F4/c1-2-3-4-5-9-6-7-10(13)8-11(9)12(14,15)16/h2,6-8H,1,3-5H2. The molecule has 0 amide bonds. The van der Waals surface area contributed by atoms with Gasteiger partial charge >= 0.3 is 6.18 Å². The van der Waals surface area contributed by atoms with Crippen LogP contribution in [-0.4, -0.2) is 0 Å². The molecular formula is C12H12F4. The quantitative estimate of drug-likeness (QED) is 0.411. The second-order valence-electron chi connectivity index (χ2n) is 3.48. The molecule has 0 heterocycles. The van der Waals surface area contributed by atoms with Crippen molar-refractivity contribution in [1.82, 2.24) is 0 Å². The number of unbranched alkanes of at least 4 members (excludes halogenated alkanes) is 1. The maximum absolute atomic E-state index is 12.7. The van der Waals surface area contributed by atoms with Gasteiger partial charge in [0, 0.05) is 0 Å². The fourth-order valence-electron chi connectivity index (χ4n) is 1.47. The first-order valence-electron chi connectivity index (χ1n) is 4.91. The summed E-state index contributed by atoms with van der Waals surface area (Å²) < 4.78 is 50.4. The fraction of sp³-hybridized carbons (Fsp3) is 0.333. The Bertz CT molecular complexity index is 366. The molecule has 16 heavy (non-hydrogen) atoms. The molecular weight excluding hydrogens is 220 g/mol. The largest absolute Gasteiger partial charge is 0.416 e. The Labute approximate surface area is 91.6 Å². The molecule has 0 aromatic heterocycles. The minimum atomic E-state index is -4.49. The van der Waals surface area contributed by atoms with Crippen molar-refractivity contribution < 1.29 is 17.6 Å². The Morgan fingerprint density at radius 3 is 2.50 bits per heavy atom. The molecule has 0 saturated heterocycles. The van der Waals surface area contributed by atoms with Crippen LogP contribution in [0, 0.1) is 5.82 Å². The monoisotopic (exact) mass is 232 g/mol. The number of rotatable bonds is 4. The van der Waals surface area contributed by atoms with E-state index in [4.69, 9.17) is 0 Å². The normalized spacial score (nSPS) is 11.5. The highest BCUT2D eigenvalue weighted by Gasteiger charge is 2.33. The maximum Gasteiger partial charge on any atom is 0.416 e. The van der Waals surface area contributed by atoms with Crippen molar-refractivity contribution in [1.29, 1.82) is 0 Å². The van der Waals surface area contributed by atoms with E-state index in [2.05, 4.69) is 6.58 Å². The highest BCUT2D eigenvalue weighted by molar-refractivity contribution is 5.30. The van der Waals surface area contributed by atoms with E-state index in [1.165, 1.54) is 6.07 Å². The third-order valence-electron chi connectivity index (χ3n) is 2.23. The van der Waals surface area contributed by atoms with Crippen LogP contribution in [-0.2, 0) is 12.6 Å². The SMILES string of the molecule is C=CCCCc1ccc(F)cc1C(F)(F)F. The number of alkyl halides is 3. The van der Waals surface area contributed by atoms with E-state index in [-0.39, 0.29) is 12.0 Å². The van der Waals surface area contributed by atoms with Crippen molar-refractivity contribution in [2.24, 2.45) is 0 Å². The topological polar surface area (TPSA) is 0 Å². The highest BCUT2D eigenvalue weighted by atomic mass is 19.4. The smallest absolute Gasteiger partial charge is 0.207 e. The molecule has 0 atom stereocenters. The molecule has 0 aliphatic heterocycles. The van der Waals surface area contributed by atoms with Crippen LogP contribution in [0.5, 0.6) is 0 Å². The number of hydrogen-bond donors (Lipinski definition) is 0. The molecule has 1 aromatic carbocycles. The lowest BCUT2D eigenvalue weighted by molar-refractivity contribution is -0.138. The number of hydrogen-bond acceptors (Lipinski definition) is 0. The lowest BCUT2D eigenvalue weighted by atomic mass is 10.0. The zero-order chi connectivity index (χ0) is 12.2. The zero-order valence-electron chi connectivity index (χ0n) is 8.65. The predicted molar refractivity (Wildman–Crippen MR) is 54.5 cm³/mol. The molecule has 0 nitrogen and oxygen atoms in total. The van der Waals surface area contributed by atoms with Gasteiger partial charge in [-0.1, -0.05) is 12.1 Å². The van der Waals surface area contributed by atoms with Crippen LogP contribution < -0.4 is 0 Å². The van der Waals surface area contributed by atoms with Gasteiger partial charge in [-0.2, -0.15) is 13.2 Å². The first-order chi connectivity index (χ1) is 7.45. The average Bonchev–Trinajstić information content (AvgIpc) is 2.19. The highest BCUT2D eigenvalue weighted by Crippen LogP contribution is 2.33. The molecule has 0 saturated carbocycles. The summed E-state index contributed by atoms with van der Waals surface area (Å²) >= 11 is 0. The molecule has 0 fully saturated rings. The van der Waals surface area contributed by atoms with Crippen molar-refractivity contribution in [3.8, 4) is 0 Å². The zero-order valence-corrected chi connectivity index (χ0v) is 8.65. The number of halogens is 4. The van der Waals surface area contributed by atoms with Gasteiger partial charge in [0.05, 0.1) is 5.56 Å². The molecule has 0 bridgehead atoms. The van der Waals surface area contributed by atoms with E-state index >= 15 is 0 Å². The molecule has 0 radical (unpaired) electrons. The fourth-order valence-corrected chi connectivity index (χ4v) is 1.47. The van der Waals surface area contributed by atoms with Crippen molar-refractivity contribution >= 4 is 0 Å². The van der Waals surface area contributed by atoms with Gasteiger partial charge in [-0.3, -0.25) is 0 Å². The minimum Gasteiger partial charge on any atom is -0.207 e. The van der Waals surface area contributed by atoms with Crippen LogP contribution in [0.15, 0.2) is 30.9 Å². The first kappa shape index (κ1) is 12.7. The molecule has 0 N–H and O–H groups in total. The third kappa shape index (κ3) is 3.36. The van der Waals surface area contributed by atoms with Crippen LogP contribution in [0.3, 0.4) is 0 Å². The Morgan fingerprint density at radius 1 is 1.25 bits per heavy atom. The summed E-state index contributed by atoms with van der Waals surface area (Å²) in [4.78, 5) is 0. The number of benzene rings is 1. The Balaban J connectivity index is 2.94. The Kier molecular flexibility index (Phi) is 4.10. The number of allylic oxidation sites excluding steroid dienone is 1. The van der Waals surface area contributed by atoms with E-state index in [0.717, 1.165) is 6.07 Å². The molecule has 0 aliphatic carbocycles. The summed E-state index contributed by atoms with van der Waals surface area (Å²) in [6, 6.07) is 2.79. The summed E-state index contributed by atoms with van der Waals surface area (Å²) in [5.74, 6) is -0.861. The van der Waals surface area contributed by atoms with Gasteiger partial charge in [-0.15, -0.1) is 6.58 Å². The van der Waals surface area contributed by atoms with Gasteiger partial charge in [-0.25, -0.2) is 4.39 Å². The lowest BCUT2D eigenvalue weighted by Crippen LogP contribution is -2.09. The van der Waals surface area contributed by atoms with Crippen molar-refractivity contribution in [2.45, 2.75) is 25.4 Å². The van der Waals surface area contributed by atoms with Gasteiger partial charge in [0.15, 0.2) is 0 Å². The molecule has 1 aromatic rings. The Morgan fingerprint density at radius 2 is 1.94 bits per heavy atom. The van der Waals surface area contributed by atoms with Crippen LogP contribution in [0.2, 0.25) is 0 Å². The lowest BCUT2D eigenvalue weighted by Gasteiger charge is -2.12. The third-order valence-corrected chi connectivity index (χ3v) is 2.23. The summed E-state index contributed by atoms with van der Waals surface area (Å²) in [6.45, 7) is 3.49. The van der Waals surface area contributed by atoms with E-state index in [0.29, 0.717) is 18.9 Å². The number of aryl methyl sites for hydroxylation is 1. The van der Waals surface area contributed by atoms with Gasteiger partial charge in [0.25, 0.3) is 0 Å². The maximum atomic E-state index is 12.7. The predicted octanol–water partition coefficient (Wildman–Crippen LogP) is 4.35. The second-order valence-corrected chi connectivity index (χ2v) is 3.48. The van der Waals surface area contributed by atoms with Gasteiger partial charge in [0.1, 0.15) is 5.82 Å². The second kappa shape index (κ2) is 5.14. The van der Waals surface area contributed by atoms with Gasteiger partial charge < -0.3 is 0 Å². The van der Waals surface area contributed by atoms with E-state index in [1.807, 2.05) is 0 Å². The van der Waals surface area contributed by atoms with Gasteiger partial charge in [-0.05, 0) is 37.0 Å². The van der Waals surface area contributed by atoms with Gasteiger partial charge in [0.2, 0.25) is 0 Å². The first-order valence-corrected chi connectivity index (χ1v) is 4.91. The van der Waals surface area contributed by atoms with Crippen molar-refractivity contribution in [3.63, 3.8) is 0 Å². The van der Waals surface area contributed by atoms with Crippen LogP contribution in [0.25, 0.3) is 0 Å². The molecule has 1 rings (SSSR count).